The molecular weight excluding hydrogens is 300 g/mol. The molecule has 138 valence electrons. The molecule has 6 atom stereocenters. The van der Waals surface area contributed by atoms with E-state index in [2.05, 4.69) is 6.92 Å². The molecule has 0 saturated carbocycles. The summed E-state index contributed by atoms with van der Waals surface area (Å²) in [5.74, 6) is 0. The molecule has 1 heterocycles. The van der Waals surface area contributed by atoms with E-state index in [1.807, 2.05) is 6.92 Å². The highest BCUT2D eigenvalue weighted by Gasteiger charge is 2.44. The van der Waals surface area contributed by atoms with Crippen LogP contribution < -0.4 is 0 Å². The summed E-state index contributed by atoms with van der Waals surface area (Å²) >= 11 is 0. The summed E-state index contributed by atoms with van der Waals surface area (Å²) in [7, 11) is 0. The second kappa shape index (κ2) is 11.3. The smallest absolute Gasteiger partial charge is 0.186 e. The molecule has 0 bridgehead atoms. The van der Waals surface area contributed by atoms with Gasteiger partial charge in [0.25, 0.3) is 0 Å². The van der Waals surface area contributed by atoms with Gasteiger partial charge in [0.05, 0.1) is 12.7 Å². The van der Waals surface area contributed by atoms with Crippen LogP contribution in [0.15, 0.2) is 0 Å². The molecule has 1 saturated heterocycles. The van der Waals surface area contributed by atoms with Crippen molar-refractivity contribution in [1.82, 2.24) is 0 Å². The molecule has 0 radical (unpaired) electrons. The van der Waals surface area contributed by atoms with Crippen molar-refractivity contribution in [3.8, 4) is 0 Å². The average molecular weight is 334 g/mol. The van der Waals surface area contributed by atoms with Crippen LogP contribution in [0.4, 0.5) is 0 Å². The van der Waals surface area contributed by atoms with Crippen LogP contribution in [0.3, 0.4) is 0 Å². The molecule has 0 aromatic heterocycles. The van der Waals surface area contributed by atoms with Crippen molar-refractivity contribution in [2.45, 2.75) is 102 Å². The second-order valence-corrected chi connectivity index (χ2v) is 6.55. The molecule has 2 unspecified atom stereocenters. The van der Waals surface area contributed by atoms with Gasteiger partial charge in [-0.3, -0.25) is 0 Å². The topological polar surface area (TPSA) is 99.4 Å². The van der Waals surface area contributed by atoms with Crippen LogP contribution in [0, 0.1) is 0 Å². The van der Waals surface area contributed by atoms with Crippen molar-refractivity contribution < 1.29 is 29.9 Å². The van der Waals surface area contributed by atoms with E-state index in [1.165, 1.54) is 32.1 Å². The van der Waals surface area contributed by atoms with Crippen LogP contribution in [0.25, 0.3) is 0 Å². The van der Waals surface area contributed by atoms with Crippen LogP contribution in [0.5, 0.6) is 0 Å². The minimum atomic E-state index is -1.38. The van der Waals surface area contributed by atoms with E-state index < -0.39 is 37.3 Å². The standard InChI is InChI=1S/C17H34O6/c1-3-4-5-6-7-8-9-10-12(2)22-17-16(21)15(20)14(19)13(11-18)23-17/h12-21H,3-11H2,1-2H3/t12?,13-,14-,15+,16-,17?/m1/s1. The fraction of sp³-hybridized carbons (Fsp3) is 1.00. The van der Waals surface area contributed by atoms with Crippen molar-refractivity contribution in [1.29, 1.82) is 0 Å². The second-order valence-electron chi connectivity index (χ2n) is 6.55. The van der Waals surface area contributed by atoms with E-state index in [9.17, 15) is 15.3 Å². The van der Waals surface area contributed by atoms with Gasteiger partial charge >= 0.3 is 0 Å². The maximum absolute atomic E-state index is 9.92. The molecule has 6 heteroatoms. The van der Waals surface area contributed by atoms with E-state index in [1.54, 1.807) is 0 Å². The predicted octanol–water partition coefficient (Wildman–Crippen LogP) is 1.33. The van der Waals surface area contributed by atoms with Gasteiger partial charge in [0.2, 0.25) is 0 Å². The van der Waals surface area contributed by atoms with Gasteiger partial charge in [-0.25, -0.2) is 0 Å². The van der Waals surface area contributed by atoms with Gasteiger partial charge in [-0.05, 0) is 13.3 Å². The number of unbranched alkanes of at least 4 members (excludes halogenated alkanes) is 6. The summed E-state index contributed by atoms with van der Waals surface area (Å²) in [6.07, 6.45) is 3.33. The van der Waals surface area contributed by atoms with Gasteiger partial charge in [0.15, 0.2) is 6.29 Å². The van der Waals surface area contributed by atoms with E-state index in [0.29, 0.717) is 0 Å². The molecule has 0 aromatic rings. The minimum absolute atomic E-state index is 0.118. The maximum Gasteiger partial charge on any atom is 0.186 e. The quantitative estimate of drug-likeness (QED) is 0.426. The summed E-state index contributed by atoms with van der Waals surface area (Å²) in [6.45, 7) is 3.67. The fourth-order valence-electron chi connectivity index (χ4n) is 2.87. The van der Waals surface area contributed by atoms with Crippen LogP contribution >= 0.6 is 0 Å². The number of aliphatic hydroxyl groups excluding tert-OH is 4. The third-order valence-corrected chi connectivity index (χ3v) is 4.43. The molecule has 1 aliphatic heterocycles. The average Bonchev–Trinajstić information content (AvgIpc) is 2.54. The Labute approximate surface area is 139 Å². The number of hydrogen-bond donors (Lipinski definition) is 4. The maximum atomic E-state index is 9.92. The summed E-state index contributed by atoms with van der Waals surface area (Å²) in [5.41, 5.74) is 0. The third kappa shape index (κ3) is 7.03. The van der Waals surface area contributed by atoms with Gasteiger partial charge in [0.1, 0.15) is 24.4 Å². The molecular formula is C17H34O6. The van der Waals surface area contributed by atoms with E-state index in [0.717, 1.165) is 19.3 Å². The van der Waals surface area contributed by atoms with Crippen molar-refractivity contribution in [3.63, 3.8) is 0 Å². The zero-order valence-corrected chi connectivity index (χ0v) is 14.4. The van der Waals surface area contributed by atoms with Crippen molar-refractivity contribution in [3.05, 3.63) is 0 Å². The highest BCUT2D eigenvalue weighted by molar-refractivity contribution is 4.89. The summed E-state index contributed by atoms with van der Waals surface area (Å²) in [6, 6.07) is 0. The van der Waals surface area contributed by atoms with Crippen LogP contribution in [0.2, 0.25) is 0 Å². The molecule has 0 spiro atoms. The fourth-order valence-corrected chi connectivity index (χ4v) is 2.87. The lowest BCUT2D eigenvalue weighted by Crippen LogP contribution is -2.59. The minimum Gasteiger partial charge on any atom is -0.394 e. The molecule has 0 aliphatic carbocycles. The Kier molecular flexibility index (Phi) is 10.3. The Morgan fingerprint density at radius 3 is 2.13 bits per heavy atom. The molecule has 1 fully saturated rings. The SMILES string of the molecule is CCCCCCCCCC(C)OC1O[C@H](CO)[C@@H](O)[C@H](O)[C@H]1O. The number of ether oxygens (including phenoxy) is 2. The normalized spacial score (nSPS) is 32.9. The number of hydrogen-bond acceptors (Lipinski definition) is 6. The highest BCUT2D eigenvalue weighted by Crippen LogP contribution is 2.24. The van der Waals surface area contributed by atoms with Gasteiger partial charge in [-0.2, -0.15) is 0 Å². The first-order valence-corrected chi connectivity index (χ1v) is 8.97. The Balaban J connectivity index is 2.23. The number of aliphatic hydroxyl groups is 4. The Morgan fingerprint density at radius 2 is 1.52 bits per heavy atom. The molecule has 0 aromatic carbocycles. The lowest BCUT2D eigenvalue weighted by Gasteiger charge is -2.40. The van der Waals surface area contributed by atoms with Gasteiger partial charge in [-0.15, -0.1) is 0 Å². The van der Waals surface area contributed by atoms with Gasteiger partial charge < -0.3 is 29.9 Å². The largest absolute Gasteiger partial charge is 0.394 e. The monoisotopic (exact) mass is 334 g/mol. The molecule has 1 rings (SSSR count). The lowest BCUT2D eigenvalue weighted by atomic mass is 9.99. The van der Waals surface area contributed by atoms with Crippen molar-refractivity contribution in [2.24, 2.45) is 0 Å². The first-order valence-electron chi connectivity index (χ1n) is 8.97. The zero-order valence-electron chi connectivity index (χ0n) is 14.4. The molecule has 23 heavy (non-hydrogen) atoms. The zero-order chi connectivity index (χ0) is 17.2. The van der Waals surface area contributed by atoms with Gasteiger partial charge in [0, 0.05) is 0 Å². The van der Waals surface area contributed by atoms with E-state index in [-0.39, 0.29) is 6.10 Å². The Bertz CT molecular complexity index is 299. The lowest BCUT2D eigenvalue weighted by molar-refractivity contribution is -0.310. The van der Waals surface area contributed by atoms with Crippen molar-refractivity contribution in [2.75, 3.05) is 6.61 Å². The number of rotatable bonds is 11. The van der Waals surface area contributed by atoms with Crippen LogP contribution in [-0.2, 0) is 9.47 Å². The molecule has 4 N–H and O–H groups in total. The predicted molar refractivity (Wildman–Crippen MR) is 86.9 cm³/mol. The first kappa shape index (κ1) is 20.8. The Hall–Kier alpha value is -0.240. The highest BCUT2D eigenvalue weighted by atomic mass is 16.7. The van der Waals surface area contributed by atoms with Gasteiger partial charge in [-0.1, -0.05) is 51.9 Å². The summed E-state index contributed by atoms with van der Waals surface area (Å²) < 4.78 is 11.0. The summed E-state index contributed by atoms with van der Waals surface area (Å²) in [4.78, 5) is 0. The first-order chi connectivity index (χ1) is 11.0. The van der Waals surface area contributed by atoms with E-state index >= 15 is 0 Å². The van der Waals surface area contributed by atoms with Crippen LogP contribution in [0.1, 0.15) is 65.2 Å². The molecule has 1 aliphatic rings. The van der Waals surface area contributed by atoms with E-state index in [4.69, 9.17) is 14.6 Å². The third-order valence-electron chi connectivity index (χ3n) is 4.43. The molecule has 0 amide bonds. The van der Waals surface area contributed by atoms with Crippen LogP contribution in [-0.4, -0.2) is 63.8 Å². The van der Waals surface area contributed by atoms with Crippen molar-refractivity contribution >= 4 is 0 Å². The Morgan fingerprint density at radius 1 is 0.913 bits per heavy atom. The molecule has 6 nitrogen and oxygen atoms in total. The summed E-state index contributed by atoms with van der Waals surface area (Å²) in [5, 5.41) is 38.5.